The van der Waals surface area contributed by atoms with Crippen LogP contribution < -0.4 is 9.80 Å². The van der Waals surface area contributed by atoms with Gasteiger partial charge in [-0.15, -0.1) is 0 Å². The highest BCUT2D eigenvalue weighted by molar-refractivity contribution is 6.01. The lowest BCUT2D eigenvalue weighted by molar-refractivity contribution is -0.120. The summed E-state index contributed by atoms with van der Waals surface area (Å²) in [5.74, 6) is -0.0814. The zero-order valence-corrected chi connectivity index (χ0v) is 16.6. The average molecular weight is 382 g/mol. The first-order valence-electron chi connectivity index (χ1n) is 9.54. The van der Waals surface area contributed by atoms with E-state index in [1.54, 1.807) is 20.7 Å². The molecule has 3 amide bonds. The number of nitrogens with zero attached hydrogens (tertiary/aromatic N) is 6. The molecular formula is C20H26N6O2. The van der Waals surface area contributed by atoms with Gasteiger partial charge in [0.25, 0.3) is 0 Å². The molecule has 2 aliphatic rings. The molecule has 1 fully saturated rings. The smallest absolute Gasteiger partial charge is 0.313 e. The number of carbonyl (C=O) groups excluding carboxylic acids is 2. The Morgan fingerprint density at radius 2 is 2.00 bits per heavy atom. The number of likely N-dealkylation sites (N-methyl/N-ethyl adjacent to an activating group) is 1. The maximum Gasteiger partial charge on any atom is 0.325 e. The first-order valence-corrected chi connectivity index (χ1v) is 9.54. The quantitative estimate of drug-likeness (QED) is 0.783. The lowest BCUT2D eigenvalue weighted by Gasteiger charge is -2.41. The number of anilines is 2. The minimum absolute atomic E-state index is 0.0814. The molecule has 1 saturated heterocycles. The van der Waals surface area contributed by atoms with E-state index < -0.39 is 0 Å². The van der Waals surface area contributed by atoms with Crippen molar-refractivity contribution in [1.82, 2.24) is 19.6 Å². The lowest BCUT2D eigenvalue weighted by Crippen LogP contribution is -2.58. The van der Waals surface area contributed by atoms with E-state index in [0.29, 0.717) is 19.6 Å². The Kier molecular flexibility index (Phi) is 4.80. The predicted molar refractivity (Wildman–Crippen MR) is 107 cm³/mol. The van der Waals surface area contributed by atoms with E-state index in [2.05, 4.69) is 16.1 Å². The van der Waals surface area contributed by atoms with Gasteiger partial charge in [0.15, 0.2) is 0 Å². The van der Waals surface area contributed by atoms with Crippen LogP contribution in [-0.2, 0) is 18.3 Å². The van der Waals surface area contributed by atoms with Gasteiger partial charge >= 0.3 is 6.03 Å². The molecule has 0 spiro atoms. The number of para-hydroxylation sites is 1. The van der Waals surface area contributed by atoms with Gasteiger partial charge in [-0.05, 0) is 32.1 Å². The number of benzene rings is 1. The molecule has 28 heavy (non-hydrogen) atoms. The summed E-state index contributed by atoms with van der Waals surface area (Å²) in [6, 6.07) is 8.20. The zero-order valence-electron chi connectivity index (χ0n) is 16.6. The molecule has 3 heterocycles. The van der Waals surface area contributed by atoms with Crippen LogP contribution in [0.5, 0.6) is 0 Å². The van der Waals surface area contributed by atoms with E-state index in [4.69, 9.17) is 0 Å². The number of carbonyl (C=O) groups is 2. The van der Waals surface area contributed by atoms with Gasteiger partial charge in [0.05, 0.1) is 11.9 Å². The van der Waals surface area contributed by atoms with E-state index in [1.165, 1.54) is 5.56 Å². The minimum Gasteiger partial charge on any atom is -0.313 e. The number of piperazine rings is 1. The van der Waals surface area contributed by atoms with E-state index in [9.17, 15) is 9.59 Å². The fourth-order valence-corrected chi connectivity index (χ4v) is 3.93. The summed E-state index contributed by atoms with van der Waals surface area (Å²) in [6.45, 7) is 1.69. The zero-order chi connectivity index (χ0) is 19.8. The van der Waals surface area contributed by atoms with Crippen molar-refractivity contribution in [3.05, 3.63) is 42.2 Å². The van der Waals surface area contributed by atoms with Crippen LogP contribution in [0.15, 0.2) is 36.7 Å². The maximum absolute atomic E-state index is 13.3. The summed E-state index contributed by atoms with van der Waals surface area (Å²) in [4.78, 5) is 33.4. The van der Waals surface area contributed by atoms with Crippen molar-refractivity contribution >= 4 is 23.3 Å². The number of aryl methyl sites for hydroxylation is 1. The topological polar surface area (TPSA) is 64.9 Å². The van der Waals surface area contributed by atoms with Crippen molar-refractivity contribution in [1.29, 1.82) is 0 Å². The third-order valence-corrected chi connectivity index (χ3v) is 5.59. The van der Waals surface area contributed by atoms with Crippen LogP contribution in [0.2, 0.25) is 0 Å². The van der Waals surface area contributed by atoms with Crippen LogP contribution in [0, 0.1) is 0 Å². The molecule has 148 valence electrons. The van der Waals surface area contributed by atoms with Gasteiger partial charge < -0.3 is 14.7 Å². The third-order valence-electron chi connectivity index (χ3n) is 5.59. The van der Waals surface area contributed by atoms with Crippen molar-refractivity contribution in [3.63, 3.8) is 0 Å². The molecule has 2 aromatic rings. The van der Waals surface area contributed by atoms with Gasteiger partial charge in [0.2, 0.25) is 5.91 Å². The third kappa shape index (κ3) is 3.35. The summed E-state index contributed by atoms with van der Waals surface area (Å²) in [7, 11) is 5.90. The van der Waals surface area contributed by atoms with Crippen molar-refractivity contribution < 1.29 is 9.59 Å². The SMILES string of the molecule is CN(C)[C@H]1Cc2ccccc2N(C(=O)N2CCN(c3cnn(C)c3)C(=O)C2)C1. The molecule has 8 heteroatoms. The van der Waals surface area contributed by atoms with Crippen molar-refractivity contribution in [2.75, 3.05) is 50.1 Å². The Labute approximate surface area is 164 Å². The van der Waals surface area contributed by atoms with Crippen LogP contribution in [-0.4, -0.2) is 77.8 Å². The lowest BCUT2D eigenvalue weighted by atomic mass is 9.97. The largest absolute Gasteiger partial charge is 0.325 e. The fraction of sp³-hybridized carbons (Fsp3) is 0.450. The van der Waals surface area contributed by atoms with Crippen molar-refractivity contribution in [3.8, 4) is 0 Å². The molecular weight excluding hydrogens is 356 g/mol. The average Bonchev–Trinajstić information content (AvgIpc) is 3.12. The maximum atomic E-state index is 13.3. The second-order valence-electron chi connectivity index (χ2n) is 7.68. The molecule has 2 aliphatic heterocycles. The van der Waals surface area contributed by atoms with Crippen LogP contribution in [0.25, 0.3) is 0 Å². The molecule has 0 unspecified atom stereocenters. The number of fused-ring (bicyclic) bond motifs is 1. The van der Waals surface area contributed by atoms with Gasteiger partial charge in [-0.3, -0.25) is 14.4 Å². The van der Waals surface area contributed by atoms with E-state index in [0.717, 1.165) is 17.8 Å². The second kappa shape index (κ2) is 7.27. The molecule has 1 aromatic carbocycles. The van der Waals surface area contributed by atoms with Crippen LogP contribution in [0.3, 0.4) is 0 Å². The minimum atomic E-state index is -0.0989. The molecule has 0 aliphatic carbocycles. The van der Waals surface area contributed by atoms with Crippen molar-refractivity contribution in [2.45, 2.75) is 12.5 Å². The Hall–Kier alpha value is -2.87. The van der Waals surface area contributed by atoms with Gasteiger partial charge in [-0.1, -0.05) is 18.2 Å². The van der Waals surface area contributed by atoms with Gasteiger partial charge in [0, 0.05) is 44.6 Å². The first-order chi connectivity index (χ1) is 13.4. The van der Waals surface area contributed by atoms with Gasteiger partial charge in [-0.2, -0.15) is 5.10 Å². The number of hydrogen-bond donors (Lipinski definition) is 0. The number of urea groups is 1. The number of rotatable bonds is 2. The monoisotopic (exact) mass is 382 g/mol. The van der Waals surface area contributed by atoms with Crippen LogP contribution in [0.4, 0.5) is 16.2 Å². The number of hydrogen-bond acceptors (Lipinski definition) is 4. The Morgan fingerprint density at radius 3 is 2.68 bits per heavy atom. The highest BCUT2D eigenvalue weighted by Crippen LogP contribution is 2.29. The molecule has 0 saturated carbocycles. The molecule has 1 atom stereocenters. The fourth-order valence-electron chi connectivity index (χ4n) is 3.93. The molecule has 0 bridgehead atoms. The summed E-state index contributed by atoms with van der Waals surface area (Å²) >= 11 is 0. The van der Waals surface area contributed by atoms with Gasteiger partial charge in [0.1, 0.15) is 6.54 Å². The highest BCUT2D eigenvalue weighted by Gasteiger charge is 2.35. The summed E-state index contributed by atoms with van der Waals surface area (Å²) in [5, 5.41) is 4.13. The van der Waals surface area contributed by atoms with E-state index in [1.807, 2.05) is 50.4 Å². The van der Waals surface area contributed by atoms with Crippen molar-refractivity contribution in [2.24, 2.45) is 7.05 Å². The second-order valence-corrected chi connectivity index (χ2v) is 7.68. The summed E-state index contributed by atoms with van der Waals surface area (Å²) in [6.07, 6.45) is 4.41. The molecule has 0 radical (unpaired) electrons. The molecule has 1 aromatic heterocycles. The van der Waals surface area contributed by atoms with E-state index >= 15 is 0 Å². The van der Waals surface area contributed by atoms with Gasteiger partial charge in [-0.25, -0.2) is 4.79 Å². The van der Waals surface area contributed by atoms with Crippen LogP contribution in [0.1, 0.15) is 5.56 Å². The Bertz CT molecular complexity index is 892. The summed E-state index contributed by atoms with van der Waals surface area (Å²) in [5.41, 5.74) is 2.89. The number of amides is 3. The Balaban J connectivity index is 1.52. The first kappa shape index (κ1) is 18.5. The molecule has 0 N–H and O–H groups in total. The highest BCUT2D eigenvalue weighted by atomic mass is 16.2. The predicted octanol–water partition coefficient (Wildman–Crippen LogP) is 1.18. The molecule has 8 nitrogen and oxygen atoms in total. The van der Waals surface area contributed by atoms with Crippen LogP contribution >= 0.6 is 0 Å². The van der Waals surface area contributed by atoms with E-state index in [-0.39, 0.29) is 24.5 Å². The summed E-state index contributed by atoms with van der Waals surface area (Å²) < 4.78 is 1.67. The standard InChI is InChI=1S/C20H26N6O2/c1-22(2)16-10-15-6-4-5-7-18(15)26(13-16)20(28)24-8-9-25(19(27)14-24)17-11-21-23(3)12-17/h4-7,11-12,16H,8-10,13-14H2,1-3H3/t16-/m0/s1. The normalized spacial score (nSPS) is 19.9. The number of aromatic nitrogens is 2. The molecule has 4 rings (SSSR count). The Morgan fingerprint density at radius 1 is 1.21 bits per heavy atom.